The molecule has 0 radical (unpaired) electrons. The van der Waals surface area contributed by atoms with Gasteiger partial charge in [-0.1, -0.05) is 60.1 Å². The fourth-order valence-corrected chi connectivity index (χ4v) is 4.67. The zero-order valence-electron chi connectivity index (χ0n) is 18.8. The summed E-state index contributed by atoms with van der Waals surface area (Å²) in [6.07, 6.45) is 0. The van der Waals surface area contributed by atoms with Crippen molar-refractivity contribution >= 4 is 45.7 Å². The van der Waals surface area contributed by atoms with Gasteiger partial charge in [0.25, 0.3) is 0 Å². The van der Waals surface area contributed by atoms with Crippen molar-refractivity contribution in [1.29, 1.82) is 0 Å². The number of hydrogen-bond acceptors (Lipinski definition) is 3. The third-order valence-corrected chi connectivity index (χ3v) is 7.24. The standard InChI is InChI=1S/C28H25BO3/c1-27(2,30)28(3,4)32-29-16-12-13-17-19-9-7-10-20-25(19)22(21(17)14-16)15-23-18-8-5-6-11-24(18)31-26(20)23/h5-15,29-30H,1-4H3. The predicted octanol–water partition coefficient (Wildman–Crippen LogP) is 5.93. The van der Waals surface area contributed by atoms with Crippen LogP contribution in [-0.2, 0) is 4.65 Å². The summed E-state index contributed by atoms with van der Waals surface area (Å²) in [5, 5.41) is 15.1. The lowest BCUT2D eigenvalue weighted by molar-refractivity contribution is -0.0893. The Bertz CT molecular complexity index is 1540. The molecule has 0 spiro atoms. The van der Waals surface area contributed by atoms with Gasteiger partial charge in [0, 0.05) is 21.5 Å². The Hall–Kier alpha value is -3.08. The molecule has 4 aromatic carbocycles. The van der Waals surface area contributed by atoms with Crippen LogP contribution in [0.15, 0.2) is 71.1 Å². The van der Waals surface area contributed by atoms with Crippen LogP contribution in [0.4, 0.5) is 0 Å². The molecule has 4 heteroatoms. The SMILES string of the molecule is CC(C)(O)C(C)(C)OBc1ccc2c(c1)-c1cc3c4ccccc4oc3c3cccc-2c13. The molecule has 1 aliphatic rings. The van der Waals surface area contributed by atoms with Gasteiger partial charge in [0.1, 0.15) is 11.2 Å². The molecule has 0 bridgehead atoms. The average Bonchev–Trinajstić information content (AvgIpc) is 3.29. The van der Waals surface area contributed by atoms with E-state index in [9.17, 15) is 5.11 Å². The molecule has 0 saturated carbocycles. The lowest BCUT2D eigenvalue weighted by Gasteiger charge is -2.37. The van der Waals surface area contributed by atoms with E-state index in [1.165, 1.54) is 27.6 Å². The molecular weight excluding hydrogens is 395 g/mol. The normalized spacial score (nSPS) is 13.3. The first kappa shape index (κ1) is 19.6. The van der Waals surface area contributed by atoms with Crippen molar-refractivity contribution in [3.8, 4) is 22.3 Å². The van der Waals surface area contributed by atoms with Crippen LogP contribution in [0.2, 0.25) is 0 Å². The minimum atomic E-state index is -0.931. The summed E-state index contributed by atoms with van der Waals surface area (Å²) in [5.41, 5.74) is 6.35. The van der Waals surface area contributed by atoms with Gasteiger partial charge in [0.2, 0.25) is 0 Å². The highest BCUT2D eigenvalue weighted by Crippen LogP contribution is 2.50. The van der Waals surface area contributed by atoms with E-state index in [0.29, 0.717) is 7.48 Å². The summed E-state index contributed by atoms with van der Waals surface area (Å²) >= 11 is 0. The van der Waals surface area contributed by atoms with Gasteiger partial charge in [0.15, 0.2) is 0 Å². The molecule has 1 aromatic heterocycles. The van der Waals surface area contributed by atoms with Crippen LogP contribution >= 0.6 is 0 Å². The topological polar surface area (TPSA) is 42.6 Å². The molecule has 0 fully saturated rings. The Kier molecular flexibility index (Phi) is 3.96. The molecule has 0 atom stereocenters. The number of benzene rings is 4. The molecule has 0 unspecified atom stereocenters. The van der Waals surface area contributed by atoms with Gasteiger partial charge >= 0.3 is 7.48 Å². The summed E-state index contributed by atoms with van der Waals surface area (Å²) < 4.78 is 12.4. The molecule has 32 heavy (non-hydrogen) atoms. The maximum Gasteiger partial charge on any atom is 0.309 e. The molecule has 5 aromatic rings. The first-order valence-electron chi connectivity index (χ1n) is 11.1. The van der Waals surface area contributed by atoms with Crippen molar-refractivity contribution in [2.75, 3.05) is 0 Å². The molecule has 0 amide bonds. The van der Waals surface area contributed by atoms with Gasteiger partial charge in [-0.05, 0) is 62.1 Å². The first-order valence-corrected chi connectivity index (χ1v) is 11.1. The van der Waals surface area contributed by atoms with Gasteiger partial charge in [0.05, 0.1) is 11.2 Å². The van der Waals surface area contributed by atoms with Crippen molar-refractivity contribution in [2.45, 2.75) is 38.9 Å². The average molecular weight is 420 g/mol. The number of aliphatic hydroxyl groups is 1. The van der Waals surface area contributed by atoms with E-state index < -0.39 is 11.2 Å². The van der Waals surface area contributed by atoms with Crippen molar-refractivity contribution in [1.82, 2.24) is 0 Å². The summed E-state index contributed by atoms with van der Waals surface area (Å²) in [6.45, 7) is 7.43. The van der Waals surface area contributed by atoms with E-state index >= 15 is 0 Å². The third kappa shape index (κ3) is 2.70. The number of fused-ring (bicyclic) bond motifs is 7. The van der Waals surface area contributed by atoms with Crippen LogP contribution in [0.25, 0.3) is 55.0 Å². The van der Waals surface area contributed by atoms with E-state index in [0.717, 1.165) is 32.8 Å². The molecule has 158 valence electrons. The van der Waals surface area contributed by atoms with E-state index in [-0.39, 0.29) is 0 Å². The maximum atomic E-state index is 10.4. The van der Waals surface area contributed by atoms with E-state index in [1.54, 1.807) is 13.8 Å². The molecular formula is C28H25BO3. The van der Waals surface area contributed by atoms with Crippen LogP contribution in [0.5, 0.6) is 0 Å². The van der Waals surface area contributed by atoms with Crippen LogP contribution in [0.3, 0.4) is 0 Å². The second-order valence-electron chi connectivity index (χ2n) is 9.87. The fraction of sp³-hybridized carbons (Fsp3) is 0.214. The summed E-state index contributed by atoms with van der Waals surface area (Å²) in [6, 6.07) is 23.5. The van der Waals surface area contributed by atoms with Gasteiger partial charge in [-0.3, -0.25) is 0 Å². The lowest BCUT2D eigenvalue weighted by Crippen LogP contribution is -2.49. The van der Waals surface area contributed by atoms with Crippen LogP contribution < -0.4 is 5.46 Å². The van der Waals surface area contributed by atoms with Crippen molar-refractivity contribution in [2.24, 2.45) is 0 Å². The van der Waals surface area contributed by atoms with Crippen molar-refractivity contribution in [3.63, 3.8) is 0 Å². The zero-order valence-corrected chi connectivity index (χ0v) is 18.8. The predicted molar refractivity (Wildman–Crippen MR) is 134 cm³/mol. The van der Waals surface area contributed by atoms with Crippen molar-refractivity contribution < 1.29 is 14.2 Å². The molecule has 1 aliphatic carbocycles. The molecule has 0 aliphatic heterocycles. The zero-order chi connectivity index (χ0) is 22.3. The fourth-order valence-electron chi connectivity index (χ4n) is 4.67. The molecule has 0 saturated heterocycles. The third-order valence-electron chi connectivity index (χ3n) is 7.24. The highest BCUT2D eigenvalue weighted by Gasteiger charge is 2.35. The largest absolute Gasteiger partial charge is 0.455 e. The van der Waals surface area contributed by atoms with E-state index in [4.69, 9.17) is 9.07 Å². The van der Waals surface area contributed by atoms with Gasteiger partial charge < -0.3 is 14.2 Å². The maximum absolute atomic E-state index is 10.4. The minimum absolute atomic E-state index is 0.445. The molecule has 3 nitrogen and oxygen atoms in total. The highest BCUT2D eigenvalue weighted by molar-refractivity contribution is 6.47. The summed E-state index contributed by atoms with van der Waals surface area (Å²) in [7, 11) is 0.445. The van der Waals surface area contributed by atoms with Crippen molar-refractivity contribution in [3.05, 3.63) is 66.7 Å². The Morgan fingerprint density at radius 3 is 2.34 bits per heavy atom. The Labute approximate surface area is 187 Å². The minimum Gasteiger partial charge on any atom is -0.455 e. The Balaban J connectivity index is 1.52. The Morgan fingerprint density at radius 1 is 0.750 bits per heavy atom. The van der Waals surface area contributed by atoms with Crippen LogP contribution in [0, 0.1) is 0 Å². The molecule has 1 N–H and O–H groups in total. The van der Waals surface area contributed by atoms with Gasteiger partial charge in [-0.15, -0.1) is 0 Å². The number of rotatable bonds is 4. The van der Waals surface area contributed by atoms with E-state index in [1.807, 2.05) is 26.0 Å². The van der Waals surface area contributed by atoms with Crippen LogP contribution in [-0.4, -0.2) is 23.8 Å². The monoisotopic (exact) mass is 420 g/mol. The highest BCUT2D eigenvalue weighted by atomic mass is 16.5. The summed E-state index contributed by atoms with van der Waals surface area (Å²) in [5.74, 6) is 0. The number of hydrogen-bond donors (Lipinski definition) is 1. The van der Waals surface area contributed by atoms with Gasteiger partial charge in [-0.25, -0.2) is 0 Å². The van der Waals surface area contributed by atoms with Gasteiger partial charge in [-0.2, -0.15) is 0 Å². The number of para-hydroxylation sites is 1. The van der Waals surface area contributed by atoms with E-state index in [2.05, 4.69) is 54.6 Å². The summed E-state index contributed by atoms with van der Waals surface area (Å²) in [4.78, 5) is 0. The quantitative estimate of drug-likeness (QED) is 0.360. The Morgan fingerprint density at radius 2 is 1.53 bits per heavy atom. The molecule has 1 heterocycles. The number of furan rings is 1. The smallest absolute Gasteiger partial charge is 0.309 e. The second-order valence-corrected chi connectivity index (χ2v) is 9.87. The van der Waals surface area contributed by atoms with Crippen LogP contribution in [0.1, 0.15) is 27.7 Å². The first-order chi connectivity index (χ1) is 15.2. The second kappa shape index (κ2) is 6.47. The lowest BCUT2D eigenvalue weighted by atomic mass is 9.81. The molecule has 6 rings (SSSR count).